The Morgan fingerprint density at radius 1 is 1.20 bits per heavy atom. The number of anilines is 2. The first-order valence-electron chi connectivity index (χ1n) is 6.83. The minimum absolute atomic E-state index is 0.546. The zero-order valence-electron chi connectivity index (χ0n) is 11.6. The van der Waals surface area contributed by atoms with Gasteiger partial charge < -0.3 is 15.5 Å². The Morgan fingerprint density at radius 3 is 2.50 bits per heavy atom. The van der Waals surface area contributed by atoms with Crippen LogP contribution in [0, 0.1) is 6.92 Å². The van der Waals surface area contributed by atoms with Crippen molar-refractivity contribution in [3.05, 3.63) is 35.0 Å². The van der Waals surface area contributed by atoms with Gasteiger partial charge in [0.15, 0.2) is 5.13 Å². The predicted molar refractivity (Wildman–Crippen MR) is 83.4 cm³/mol. The molecule has 2 aromatic heterocycles. The monoisotopic (exact) mass is 289 g/mol. The molecule has 3 heterocycles. The van der Waals surface area contributed by atoms with Crippen LogP contribution in [0.4, 0.5) is 10.9 Å². The summed E-state index contributed by atoms with van der Waals surface area (Å²) in [6, 6.07) is 4.12. The molecule has 2 N–H and O–H groups in total. The van der Waals surface area contributed by atoms with Crippen molar-refractivity contribution in [3.63, 3.8) is 0 Å². The number of rotatable bonds is 3. The third-order valence-corrected chi connectivity index (χ3v) is 4.55. The third-order valence-electron chi connectivity index (χ3n) is 3.53. The summed E-state index contributed by atoms with van der Waals surface area (Å²) in [5.74, 6) is 1.04. The van der Waals surface area contributed by atoms with E-state index in [0.29, 0.717) is 6.54 Å². The van der Waals surface area contributed by atoms with Crippen molar-refractivity contribution in [2.75, 3.05) is 36.0 Å². The van der Waals surface area contributed by atoms with Crippen LogP contribution in [-0.4, -0.2) is 36.1 Å². The summed E-state index contributed by atoms with van der Waals surface area (Å²) < 4.78 is 0. The Hall–Kier alpha value is -1.66. The van der Waals surface area contributed by atoms with Gasteiger partial charge in [-0.3, -0.25) is 0 Å². The largest absolute Gasteiger partial charge is 0.353 e. The number of thiazole rings is 1. The molecule has 0 atom stereocenters. The molecule has 3 rings (SSSR count). The van der Waals surface area contributed by atoms with Crippen LogP contribution in [-0.2, 0) is 6.54 Å². The summed E-state index contributed by atoms with van der Waals surface area (Å²) in [4.78, 5) is 13.7. The Morgan fingerprint density at radius 2 is 1.95 bits per heavy atom. The molecule has 5 nitrogen and oxygen atoms in total. The van der Waals surface area contributed by atoms with Gasteiger partial charge in [0.2, 0.25) is 0 Å². The molecule has 0 aromatic carbocycles. The number of nitrogens with zero attached hydrogens (tertiary/aromatic N) is 4. The predicted octanol–water partition coefficient (Wildman–Crippen LogP) is 1.63. The normalized spacial score (nSPS) is 15.7. The molecular formula is C14H19N5S. The summed E-state index contributed by atoms with van der Waals surface area (Å²) in [6.07, 6.45) is 1.87. The SMILES string of the molecule is Cc1csc(N2CCN(c3ccc(CN)cn3)CC2)n1. The van der Waals surface area contributed by atoms with Gasteiger partial charge in [-0.25, -0.2) is 9.97 Å². The van der Waals surface area contributed by atoms with E-state index in [2.05, 4.69) is 37.3 Å². The third kappa shape index (κ3) is 2.76. The average Bonchev–Trinajstić information content (AvgIpc) is 2.94. The van der Waals surface area contributed by atoms with Gasteiger partial charge >= 0.3 is 0 Å². The molecule has 6 heteroatoms. The van der Waals surface area contributed by atoms with Gasteiger partial charge in [0.05, 0.1) is 5.69 Å². The van der Waals surface area contributed by atoms with E-state index in [1.165, 1.54) is 0 Å². The lowest BCUT2D eigenvalue weighted by molar-refractivity contribution is 0.645. The minimum atomic E-state index is 0.546. The quantitative estimate of drug-likeness (QED) is 0.930. The van der Waals surface area contributed by atoms with Crippen LogP contribution < -0.4 is 15.5 Å². The number of hydrogen-bond acceptors (Lipinski definition) is 6. The molecule has 1 fully saturated rings. The van der Waals surface area contributed by atoms with Gasteiger partial charge in [-0.1, -0.05) is 6.07 Å². The molecule has 2 aromatic rings. The van der Waals surface area contributed by atoms with Crippen LogP contribution >= 0.6 is 11.3 Å². The van der Waals surface area contributed by atoms with E-state index >= 15 is 0 Å². The highest BCUT2D eigenvalue weighted by molar-refractivity contribution is 7.13. The van der Waals surface area contributed by atoms with E-state index < -0.39 is 0 Å². The molecular weight excluding hydrogens is 270 g/mol. The maximum atomic E-state index is 5.60. The number of pyridine rings is 1. The maximum absolute atomic E-state index is 5.60. The first kappa shape index (κ1) is 13.3. The summed E-state index contributed by atoms with van der Waals surface area (Å²) in [6.45, 7) is 6.53. The zero-order valence-corrected chi connectivity index (χ0v) is 12.4. The summed E-state index contributed by atoms with van der Waals surface area (Å²) in [7, 11) is 0. The van der Waals surface area contributed by atoms with Gasteiger partial charge in [0.1, 0.15) is 5.82 Å². The van der Waals surface area contributed by atoms with Crippen molar-refractivity contribution in [3.8, 4) is 0 Å². The first-order chi connectivity index (χ1) is 9.76. The van der Waals surface area contributed by atoms with Gasteiger partial charge in [-0.2, -0.15) is 0 Å². The highest BCUT2D eigenvalue weighted by Gasteiger charge is 2.19. The van der Waals surface area contributed by atoms with Crippen molar-refractivity contribution in [2.45, 2.75) is 13.5 Å². The Labute approximate surface area is 123 Å². The van der Waals surface area contributed by atoms with Gasteiger partial charge in [0.25, 0.3) is 0 Å². The van der Waals surface area contributed by atoms with Crippen LogP contribution in [0.1, 0.15) is 11.3 Å². The van der Waals surface area contributed by atoms with Crippen molar-refractivity contribution < 1.29 is 0 Å². The van der Waals surface area contributed by atoms with Crippen LogP contribution in [0.5, 0.6) is 0 Å². The average molecular weight is 289 g/mol. The van der Waals surface area contributed by atoms with E-state index in [0.717, 1.165) is 48.4 Å². The smallest absolute Gasteiger partial charge is 0.185 e. The second-order valence-corrected chi connectivity index (χ2v) is 5.81. The molecule has 0 aliphatic carbocycles. The second kappa shape index (κ2) is 5.76. The van der Waals surface area contributed by atoms with E-state index in [1.807, 2.05) is 13.1 Å². The number of hydrogen-bond donors (Lipinski definition) is 1. The van der Waals surface area contributed by atoms with E-state index in [4.69, 9.17) is 5.73 Å². The Balaban J connectivity index is 1.63. The fourth-order valence-corrected chi connectivity index (χ4v) is 3.20. The van der Waals surface area contributed by atoms with E-state index in [1.54, 1.807) is 11.3 Å². The molecule has 0 amide bonds. The molecule has 1 aliphatic rings. The molecule has 106 valence electrons. The van der Waals surface area contributed by atoms with Crippen molar-refractivity contribution in [1.82, 2.24) is 9.97 Å². The number of nitrogens with two attached hydrogens (primary N) is 1. The van der Waals surface area contributed by atoms with Crippen LogP contribution in [0.3, 0.4) is 0 Å². The van der Waals surface area contributed by atoms with Gasteiger partial charge in [0, 0.05) is 44.3 Å². The van der Waals surface area contributed by atoms with Gasteiger partial charge in [-0.05, 0) is 18.6 Å². The maximum Gasteiger partial charge on any atom is 0.185 e. The number of aromatic nitrogens is 2. The second-order valence-electron chi connectivity index (χ2n) is 4.97. The first-order valence-corrected chi connectivity index (χ1v) is 7.71. The van der Waals surface area contributed by atoms with E-state index in [9.17, 15) is 0 Å². The number of piperazine rings is 1. The molecule has 0 saturated carbocycles. The Bertz CT molecular complexity index is 557. The lowest BCUT2D eigenvalue weighted by atomic mass is 10.2. The lowest BCUT2D eigenvalue weighted by Crippen LogP contribution is -2.46. The molecule has 0 unspecified atom stereocenters. The van der Waals surface area contributed by atoms with E-state index in [-0.39, 0.29) is 0 Å². The minimum Gasteiger partial charge on any atom is -0.353 e. The standard InChI is InChI=1S/C14H19N5S/c1-11-10-20-14(17-11)19-6-4-18(5-7-19)13-3-2-12(8-15)9-16-13/h2-3,9-10H,4-8,15H2,1H3. The molecule has 0 radical (unpaired) electrons. The fraction of sp³-hybridized carbons (Fsp3) is 0.429. The van der Waals surface area contributed by atoms with Crippen LogP contribution in [0.2, 0.25) is 0 Å². The highest BCUT2D eigenvalue weighted by Crippen LogP contribution is 2.22. The molecule has 20 heavy (non-hydrogen) atoms. The highest BCUT2D eigenvalue weighted by atomic mass is 32.1. The summed E-state index contributed by atoms with van der Waals surface area (Å²) in [5, 5.41) is 3.24. The Kier molecular flexibility index (Phi) is 3.84. The molecule has 1 aliphatic heterocycles. The van der Waals surface area contributed by atoms with Crippen molar-refractivity contribution >= 4 is 22.3 Å². The number of aryl methyl sites for hydroxylation is 1. The zero-order chi connectivity index (χ0) is 13.9. The molecule has 0 bridgehead atoms. The summed E-state index contributed by atoms with van der Waals surface area (Å²) in [5.41, 5.74) is 7.77. The topological polar surface area (TPSA) is 58.3 Å². The molecule has 1 saturated heterocycles. The molecule has 0 spiro atoms. The summed E-state index contributed by atoms with van der Waals surface area (Å²) >= 11 is 1.72. The van der Waals surface area contributed by atoms with Crippen molar-refractivity contribution in [1.29, 1.82) is 0 Å². The fourth-order valence-electron chi connectivity index (χ4n) is 2.34. The van der Waals surface area contributed by atoms with Crippen LogP contribution in [0.15, 0.2) is 23.7 Å². The van der Waals surface area contributed by atoms with Crippen LogP contribution in [0.25, 0.3) is 0 Å². The lowest BCUT2D eigenvalue weighted by Gasteiger charge is -2.35. The van der Waals surface area contributed by atoms with Gasteiger partial charge in [-0.15, -0.1) is 11.3 Å². The van der Waals surface area contributed by atoms with Crippen molar-refractivity contribution in [2.24, 2.45) is 5.73 Å².